The van der Waals surface area contributed by atoms with E-state index in [0.29, 0.717) is 22.1 Å². The van der Waals surface area contributed by atoms with Crippen molar-refractivity contribution in [2.24, 2.45) is 0 Å². The number of benzene rings is 2. The number of fused-ring (bicyclic) bond motifs is 1. The highest BCUT2D eigenvalue weighted by atomic mass is 32.2. The average molecular weight is 454 g/mol. The fourth-order valence-corrected chi connectivity index (χ4v) is 4.40. The molecule has 2 aromatic carbocycles. The van der Waals surface area contributed by atoms with Crippen molar-refractivity contribution in [1.29, 1.82) is 0 Å². The highest BCUT2D eigenvalue weighted by molar-refractivity contribution is 7.98. The maximum absolute atomic E-state index is 12.5. The minimum absolute atomic E-state index is 0.0935. The predicted octanol–water partition coefficient (Wildman–Crippen LogP) is 4.05. The number of thioether (sulfide) groups is 1. The van der Waals surface area contributed by atoms with Gasteiger partial charge in [-0.1, -0.05) is 54.9 Å². The van der Waals surface area contributed by atoms with Gasteiger partial charge < -0.3 is 14.5 Å². The number of urea groups is 1. The van der Waals surface area contributed by atoms with E-state index >= 15 is 0 Å². The van der Waals surface area contributed by atoms with Crippen molar-refractivity contribution in [3.63, 3.8) is 0 Å². The first-order chi connectivity index (χ1) is 15.6. The number of carbonyl (C=O) groups excluding carboxylic acids is 3. The number of ether oxygens (including phenoxy) is 1. The summed E-state index contributed by atoms with van der Waals surface area (Å²) in [7, 11) is 0. The fraction of sp³-hybridized carbons (Fsp3) is 0.304. The minimum Gasteiger partial charge on any atom is -0.452 e. The van der Waals surface area contributed by atoms with E-state index < -0.39 is 24.5 Å². The van der Waals surface area contributed by atoms with Crippen LogP contribution in [0.25, 0.3) is 11.1 Å². The molecular weight excluding hydrogens is 430 g/mol. The molecule has 1 saturated carbocycles. The molecule has 0 spiro atoms. The van der Waals surface area contributed by atoms with Crippen molar-refractivity contribution >= 4 is 40.8 Å². The molecule has 0 saturated heterocycles. The summed E-state index contributed by atoms with van der Waals surface area (Å²) in [6.45, 7) is -0.538. The van der Waals surface area contributed by atoms with Crippen molar-refractivity contribution < 1.29 is 23.5 Å². The van der Waals surface area contributed by atoms with Crippen LogP contribution in [0, 0.1) is 0 Å². The summed E-state index contributed by atoms with van der Waals surface area (Å²) in [6, 6.07) is 14.0. The van der Waals surface area contributed by atoms with Gasteiger partial charge in [0.1, 0.15) is 5.52 Å². The van der Waals surface area contributed by atoms with Gasteiger partial charge in [-0.15, -0.1) is 0 Å². The number of oxazole rings is 1. The number of nitrogens with zero attached hydrogens (tertiary/aromatic N) is 1. The minimum atomic E-state index is -0.674. The van der Waals surface area contributed by atoms with Crippen LogP contribution >= 0.6 is 11.8 Å². The fourth-order valence-electron chi connectivity index (χ4n) is 3.56. The Hall–Kier alpha value is -3.33. The molecule has 8 nitrogen and oxygen atoms in total. The Bertz CT molecular complexity index is 1090. The second kappa shape index (κ2) is 10.3. The number of aromatic nitrogens is 1. The molecule has 32 heavy (non-hydrogen) atoms. The van der Waals surface area contributed by atoms with Gasteiger partial charge in [-0.05, 0) is 36.6 Å². The topological polar surface area (TPSA) is 111 Å². The molecule has 4 rings (SSSR count). The van der Waals surface area contributed by atoms with Crippen LogP contribution in [0.3, 0.4) is 0 Å². The van der Waals surface area contributed by atoms with Gasteiger partial charge in [-0.3, -0.25) is 10.1 Å². The van der Waals surface area contributed by atoms with E-state index in [2.05, 4.69) is 15.6 Å². The maximum Gasteiger partial charge on any atom is 0.338 e. The van der Waals surface area contributed by atoms with Crippen LogP contribution in [0.15, 0.2) is 58.2 Å². The van der Waals surface area contributed by atoms with Gasteiger partial charge in [0.25, 0.3) is 11.1 Å². The molecule has 0 radical (unpaired) electrons. The summed E-state index contributed by atoms with van der Waals surface area (Å²) in [5.74, 6) is -0.869. The van der Waals surface area contributed by atoms with E-state index in [4.69, 9.17) is 9.15 Å². The quantitative estimate of drug-likeness (QED) is 0.410. The lowest BCUT2D eigenvalue weighted by molar-refractivity contribution is -0.123. The van der Waals surface area contributed by atoms with Crippen LogP contribution in [0.2, 0.25) is 0 Å². The summed E-state index contributed by atoms with van der Waals surface area (Å²) in [6.07, 6.45) is 3.96. The number of rotatable bonds is 7. The normalized spacial score (nSPS) is 13.8. The Balaban J connectivity index is 1.29. The molecule has 2 N–H and O–H groups in total. The number of carbonyl (C=O) groups is 3. The number of hydrogen-bond donors (Lipinski definition) is 2. The third kappa shape index (κ3) is 5.67. The molecule has 0 atom stereocenters. The standard InChI is InChI=1S/C23H23N3O5S/c27-20(26-22(29)24-16-8-2-3-9-16)13-30-21(28)17-10-4-1-7-15(17)14-32-23-25-18-11-5-6-12-19(18)31-23/h1,4-7,10-12,16H,2-3,8-9,13-14H2,(H2,24,26,27,29). The van der Waals surface area contributed by atoms with E-state index in [1.807, 2.05) is 30.3 Å². The van der Waals surface area contributed by atoms with E-state index in [-0.39, 0.29) is 6.04 Å². The molecule has 9 heteroatoms. The average Bonchev–Trinajstić information content (AvgIpc) is 3.45. The van der Waals surface area contributed by atoms with Gasteiger partial charge in [0.15, 0.2) is 12.2 Å². The molecule has 166 valence electrons. The first-order valence-corrected chi connectivity index (χ1v) is 11.4. The summed E-state index contributed by atoms with van der Waals surface area (Å²) in [5, 5.41) is 5.45. The van der Waals surface area contributed by atoms with Gasteiger partial charge >= 0.3 is 12.0 Å². The van der Waals surface area contributed by atoms with Crippen LogP contribution in [0.4, 0.5) is 4.79 Å². The molecule has 0 bridgehead atoms. The number of imide groups is 1. The Morgan fingerprint density at radius 2 is 1.81 bits per heavy atom. The molecule has 0 unspecified atom stereocenters. The van der Waals surface area contributed by atoms with Gasteiger partial charge in [0.2, 0.25) is 0 Å². The van der Waals surface area contributed by atoms with Crippen LogP contribution in [0.5, 0.6) is 0 Å². The first-order valence-electron chi connectivity index (χ1n) is 10.4. The van der Waals surface area contributed by atoms with Crippen LogP contribution < -0.4 is 10.6 Å². The Kier molecular flexibility index (Phi) is 7.06. The largest absolute Gasteiger partial charge is 0.452 e. The lowest BCUT2D eigenvalue weighted by Gasteiger charge is -2.12. The van der Waals surface area contributed by atoms with E-state index in [1.54, 1.807) is 18.2 Å². The number of esters is 1. The zero-order valence-corrected chi connectivity index (χ0v) is 18.2. The smallest absolute Gasteiger partial charge is 0.338 e. The Morgan fingerprint density at radius 1 is 1.06 bits per heavy atom. The first kappa shape index (κ1) is 21.9. The lowest BCUT2D eigenvalue weighted by atomic mass is 10.1. The summed E-state index contributed by atoms with van der Waals surface area (Å²) in [5.41, 5.74) is 2.54. The third-order valence-corrected chi connectivity index (χ3v) is 6.02. The van der Waals surface area contributed by atoms with Gasteiger partial charge in [-0.25, -0.2) is 14.6 Å². The van der Waals surface area contributed by atoms with Gasteiger partial charge in [0.05, 0.1) is 5.56 Å². The van der Waals surface area contributed by atoms with Crippen molar-refractivity contribution in [3.05, 3.63) is 59.7 Å². The van der Waals surface area contributed by atoms with Crippen molar-refractivity contribution in [3.8, 4) is 0 Å². The zero-order valence-electron chi connectivity index (χ0n) is 17.3. The maximum atomic E-state index is 12.5. The molecule has 1 heterocycles. The SMILES string of the molecule is O=C(COC(=O)c1ccccc1CSc1nc2ccccc2o1)NC(=O)NC1CCCC1. The third-order valence-electron chi connectivity index (χ3n) is 5.14. The molecular formula is C23H23N3O5S. The molecule has 1 aliphatic rings. The second-order valence-corrected chi connectivity index (χ2v) is 8.40. The lowest BCUT2D eigenvalue weighted by Crippen LogP contribution is -2.45. The van der Waals surface area contributed by atoms with E-state index in [9.17, 15) is 14.4 Å². The van der Waals surface area contributed by atoms with Gasteiger partial charge in [0, 0.05) is 11.8 Å². The summed E-state index contributed by atoms with van der Waals surface area (Å²) >= 11 is 1.36. The molecule has 0 aliphatic heterocycles. The number of hydrogen-bond acceptors (Lipinski definition) is 7. The van der Waals surface area contributed by atoms with Crippen molar-refractivity contribution in [2.45, 2.75) is 42.7 Å². The van der Waals surface area contributed by atoms with Crippen molar-refractivity contribution in [1.82, 2.24) is 15.6 Å². The number of amides is 3. The molecule has 3 aromatic rings. The van der Waals surface area contributed by atoms with Crippen LogP contribution in [0.1, 0.15) is 41.6 Å². The van der Waals surface area contributed by atoms with E-state index in [0.717, 1.165) is 36.8 Å². The monoisotopic (exact) mass is 453 g/mol. The summed E-state index contributed by atoms with van der Waals surface area (Å²) in [4.78, 5) is 40.8. The highest BCUT2D eigenvalue weighted by Crippen LogP contribution is 2.27. The molecule has 3 amide bonds. The predicted molar refractivity (Wildman–Crippen MR) is 119 cm³/mol. The van der Waals surface area contributed by atoms with Crippen molar-refractivity contribution in [2.75, 3.05) is 6.61 Å². The van der Waals surface area contributed by atoms with Crippen LogP contribution in [-0.2, 0) is 15.3 Å². The Labute approximate surface area is 189 Å². The van der Waals surface area contributed by atoms with E-state index in [1.165, 1.54) is 11.8 Å². The molecule has 1 aliphatic carbocycles. The Morgan fingerprint density at radius 3 is 2.62 bits per heavy atom. The zero-order chi connectivity index (χ0) is 22.3. The second-order valence-electron chi connectivity index (χ2n) is 7.47. The van der Waals surface area contributed by atoms with Gasteiger partial charge in [-0.2, -0.15) is 0 Å². The number of nitrogens with one attached hydrogen (secondary N) is 2. The molecule has 1 fully saturated rings. The van der Waals surface area contributed by atoms with Crippen LogP contribution in [-0.4, -0.2) is 35.5 Å². The summed E-state index contributed by atoms with van der Waals surface area (Å²) < 4.78 is 10.8. The molecule has 1 aromatic heterocycles. The number of para-hydroxylation sites is 2. The highest BCUT2D eigenvalue weighted by Gasteiger charge is 2.19.